The monoisotopic (exact) mass is 348 g/mol. The molecule has 108 valence electrons. The molecule has 0 unspecified atom stereocenters. The number of hydrogen-bond acceptors (Lipinski definition) is 2. The van der Waals surface area contributed by atoms with E-state index in [2.05, 4.69) is 26.2 Å². The molecule has 0 aliphatic carbocycles. The Balaban J connectivity index is 1.84. The number of rotatable bonds is 5. The smallest absolute Gasteiger partial charge is 0.244 e. The highest BCUT2D eigenvalue weighted by Crippen LogP contribution is 2.16. The molecule has 0 saturated heterocycles. The number of nitrogens with zero attached hydrogens (tertiary/aromatic N) is 1. The summed E-state index contributed by atoms with van der Waals surface area (Å²) in [6.45, 7) is 0.487. The second-order valence-corrected chi connectivity index (χ2v) is 5.28. The Bertz CT molecular complexity index is 644. The van der Waals surface area contributed by atoms with Crippen molar-refractivity contribution in [2.45, 2.75) is 6.42 Å². The van der Waals surface area contributed by atoms with Crippen LogP contribution in [0.3, 0.4) is 0 Å². The molecule has 21 heavy (non-hydrogen) atoms. The van der Waals surface area contributed by atoms with Crippen LogP contribution in [-0.2, 0) is 11.2 Å². The van der Waals surface area contributed by atoms with Crippen LogP contribution in [0.2, 0.25) is 0 Å². The molecule has 5 heteroatoms. The minimum atomic E-state index is -0.365. The van der Waals surface area contributed by atoms with Gasteiger partial charge in [-0.3, -0.25) is 9.78 Å². The van der Waals surface area contributed by atoms with Crippen LogP contribution in [0.4, 0.5) is 4.39 Å². The molecule has 2 rings (SSSR count). The highest BCUT2D eigenvalue weighted by Gasteiger charge is 2.01. The van der Waals surface area contributed by atoms with Crippen molar-refractivity contribution >= 4 is 27.9 Å². The maximum absolute atomic E-state index is 13.5. The van der Waals surface area contributed by atoms with Gasteiger partial charge in [0, 0.05) is 41.0 Å². The van der Waals surface area contributed by atoms with E-state index in [9.17, 15) is 9.18 Å². The molecule has 1 amide bonds. The van der Waals surface area contributed by atoms with Crippen molar-refractivity contribution in [3.63, 3.8) is 0 Å². The van der Waals surface area contributed by atoms with Crippen LogP contribution in [0.15, 0.2) is 53.1 Å². The number of pyridine rings is 1. The molecule has 0 aliphatic heterocycles. The van der Waals surface area contributed by atoms with Crippen LogP contribution in [-0.4, -0.2) is 17.4 Å². The summed E-state index contributed by atoms with van der Waals surface area (Å²) < 4.78 is 14.2. The number of carbonyl (C=O) groups is 1. The van der Waals surface area contributed by atoms with Gasteiger partial charge < -0.3 is 5.32 Å². The van der Waals surface area contributed by atoms with Crippen LogP contribution in [0, 0.1) is 5.82 Å². The van der Waals surface area contributed by atoms with E-state index in [1.54, 1.807) is 18.3 Å². The summed E-state index contributed by atoms with van der Waals surface area (Å²) in [6, 6.07) is 10.2. The molecule has 0 spiro atoms. The van der Waals surface area contributed by atoms with Gasteiger partial charge in [-0.2, -0.15) is 0 Å². The lowest BCUT2D eigenvalue weighted by Crippen LogP contribution is -2.23. The Morgan fingerprint density at radius 2 is 2.19 bits per heavy atom. The zero-order valence-electron chi connectivity index (χ0n) is 11.2. The first kappa shape index (κ1) is 15.4. The molecule has 2 aromatic rings. The molecule has 1 aromatic heterocycles. The van der Waals surface area contributed by atoms with Crippen molar-refractivity contribution in [3.8, 4) is 0 Å². The minimum Gasteiger partial charge on any atom is -0.352 e. The van der Waals surface area contributed by atoms with Crippen molar-refractivity contribution in [1.82, 2.24) is 10.3 Å². The first-order chi connectivity index (χ1) is 10.1. The van der Waals surface area contributed by atoms with E-state index >= 15 is 0 Å². The Kier molecular flexibility index (Phi) is 5.63. The second kappa shape index (κ2) is 7.69. The van der Waals surface area contributed by atoms with Gasteiger partial charge in [0.15, 0.2) is 0 Å². The highest BCUT2D eigenvalue weighted by atomic mass is 79.9. The number of aromatic nitrogens is 1. The van der Waals surface area contributed by atoms with E-state index in [4.69, 9.17) is 0 Å². The van der Waals surface area contributed by atoms with Gasteiger partial charge in [-0.15, -0.1) is 0 Å². The van der Waals surface area contributed by atoms with Crippen molar-refractivity contribution in [3.05, 3.63) is 70.2 Å². The van der Waals surface area contributed by atoms with E-state index in [0.717, 1.165) is 10.2 Å². The molecule has 0 fully saturated rings. The van der Waals surface area contributed by atoms with Crippen LogP contribution in [0.1, 0.15) is 11.3 Å². The summed E-state index contributed by atoms with van der Waals surface area (Å²) >= 11 is 3.26. The van der Waals surface area contributed by atoms with Gasteiger partial charge in [0.05, 0.1) is 0 Å². The number of nitrogens with one attached hydrogen (secondary N) is 1. The highest BCUT2D eigenvalue weighted by molar-refractivity contribution is 9.10. The molecule has 0 saturated carbocycles. The van der Waals surface area contributed by atoms with E-state index in [0.29, 0.717) is 18.5 Å². The van der Waals surface area contributed by atoms with E-state index in [-0.39, 0.29) is 11.7 Å². The third kappa shape index (κ3) is 5.11. The van der Waals surface area contributed by atoms with E-state index in [1.165, 1.54) is 18.2 Å². The van der Waals surface area contributed by atoms with E-state index in [1.807, 2.05) is 18.2 Å². The fourth-order valence-electron chi connectivity index (χ4n) is 1.73. The van der Waals surface area contributed by atoms with Crippen LogP contribution in [0.5, 0.6) is 0 Å². The molecule has 1 aromatic carbocycles. The molecule has 0 atom stereocenters. The lowest BCUT2D eigenvalue weighted by Gasteiger charge is -2.02. The largest absolute Gasteiger partial charge is 0.352 e. The molecule has 3 nitrogen and oxygen atoms in total. The molecular weight excluding hydrogens is 335 g/mol. The SMILES string of the molecule is O=C(/C=C/c1cc(Br)ccc1F)NCCc1ccccn1. The fourth-order valence-corrected chi connectivity index (χ4v) is 2.11. The summed E-state index contributed by atoms with van der Waals surface area (Å²) in [5.74, 6) is -0.624. The van der Waals surface area contributed by atoms with Gasteiger partial charge in [-0.05, 0) is 36.4 Å². The molecule has 0 bridgehead atoms. The summed E-state index contributed by atoms with van der Waals surface area (Å²) in [4.78, 5) is 15.8. The Morgan fingerprint density at radius 1 is 1.33 bits per heavy atom. The normalized spacial score (nSPS) is 10.8. The lowest BCUT2D eigenvalue weighted by molar-refractivity contribution is -0.116. The van der Waals surface area contributed by atoms with Gasteiger partial charge in [0.1, 0.15) is 5.82 Å². The second-order valence-electron chi connectivity index (χ2n) is 4.36. The van der Waals surface area contributed by atoms with Crippen molar-refractivity contribution < 1.29 is 9.18 Å². The summed E-state index contributed by atoms with van der Waals surface area (Å²) in [7, 11) is 0. The topological polar surface area (TPSA) is 42.0 Å². The average Bonchev–Trinajstić information content (AvgIpc) is 2.49. The van der Waals surface area contributed by atoms with Crippen LogP contribution >= 0.6 is 15.9 Å². The predicted molar refractivity (Wildman–Crippen MR) is 84.1 cm³/mol. The lowest BCUT2D eigenvalue weighted by atomic mass is 10.2. The molecule has 0 aliphatic rings. The zero-order valence-corrected chi connectivity index (χ0v) is 12.8. The first-order valence-corrected chi connectivity index (χ1v) is 7.25. The van der Waals surface area contributed by atoms with Crippen molar-refractivity contribution in [2.75, 3.05) is 6.54 Å². The quantitative estimate of drug-likeness (QED) is 0.842. The Hall–Kier alpha value is -2.01. The number of carbonyl (C=O) groups excluding carboxylic acids is 1. The average molecular weight is 349 g/mol. The number of benzene rings is 1. The maximum atomic E-state index is 13.5. The van der Waals surface area contributed by atoms with E-state index < -0.39 is 0 Å². The maximum Gasteiger partial charge on any atom is 0.244 e. The number of hydrogen-bond donors (Lipinski definition) is 1. The summed E-state index contributed by atoms with van der Waals surface area (Å²) in [6.07, 6.45) is 5.15. The summed E-state index contributed by atoms with van der Waals surface area (Å²) in [5.41, 5.74) is 1.28. The number of halogens is 2. The zero-order chi connectivity index (χ0) is 15.1. The Labute approximate surface area is 131 Å². The van der Waals surface area contributed by atoms with Crippen LogP contribution < -0.4 is 5.32 Å². The van der Waals surface area contributed by atoms with Gasteiger partial charge in [0.2, 0.25) is 5.91 Å². The van der Waals surface area contributed by atoms with Crippen LogP contribution in [0.25, 0.3) is 6.08 Å². The minimum absolute atomic E-state index is 0.259. The first-order valence-electron chi connectivity index (χ1n) is 6.46. The number of amides is 1. The van der Waals surface area contributed by atoms with Gasteiger partial charge in [0.25, 0.3) is 0 Å². The third-order valence-electron chi connectivity index (χ3n) is 2.78. The molecule has 1 heterocycles. The Morgan fingerprint density at radius 3 is 2.95 bits per heavy atom. The summed E-state index contributed by atoms with van der Waals surface area (Å²) in [5, 5.41) is 2.74. The fraction of sp³-hybridized carbons (Fsp3) is 0.125. The van der Waals surface area contributed by atoms with Crippen molar-refractivity contribution in [2.24, 2.45) is 0 Å². The van der Waals surface area contributed by atoms with Gasteiger partial charge in [-0.1, -0.05) is 22.0 Å². The molecular formula is C16H14BrFN2O. The molecule has 0 radical (unpaired) electrons. The van der Waals surface area contributed by atoms with Crippen molar-refractivity contribution in [1.29, 1.82) is 0 Å². The standard InChI is InChI=1S/C16H14BrFN2O/c17-13-5-6-15(18)12(11-13)4-7-16(21)20-10-8-14-3-1-2-9-19-14/h1-7,9,11H,8,10H2,(H,20,21)/b7-4+. The third-order valence-corrected chi connectivity index (χ3v) is 3.27. The molecule has 1 N–H and O–H groups in total. The predicted octanol–water partition coefficient (Wildman–Crippen LogP) is 3.36. The van der Waals surface area contributed by atoms with Gasteiger partial charge in [-0.25, -0.2) is 4.39 Å². The van der Waals surface area contributed by atoms with Gasteiger partial charge >= 0.3 is 0 Å².